The van der Waals surface area contributed by atoms with Gasteiger partial charge in [-0.15, -0.1) is 24.0 Å². The van der Waals surface area contributed by atoms with Crippen molar-refractivity contribution in [2.24, 2.45) is 10.7 Å². The fourth-order valence-corrected chi connectivity index (χ4v) is 3.39. The van der Waals surface area contributed by atoms with Gasteiger partial charge in [-0.05, 0) is 18.9 Å². The van der Waals surface area contributed by atoms with E-state index >= 15 is 0 Å². The van der Waals surface area contributed by atoms with Crippen molar-refractivity contribution in [1.29, 1.82) is 0 Å². The Morgan fingerprint density at radius 3 is 2.72 bits per heavy atom. The molecule has 7 heteroatoms. The van der Waals surface area contributed by atoms with Crippen LogP contribution in [-0.2, 0) is 4.79 Å². The predicted molar refractivity (Wildman–Crippen MR) is 109 cm³/mol. The highest BCUT2D eigenvalue weighted by Gasteiger charge is 2.21. The Labute approximate surface area is 166 Å². The molecule has 2 aliphatic rings. The molecule has 4 N–H and O–H groups in total. The van der Waals surface area contributed by atoms with Gasteiger partial charge in [0.05, 0.1) is 12.6 Å². The van der Waals surface area contributed by atoms with Crippen LogP contribution in [0.4, 0.5) is 0 Å². The Kier molecular flexibility index (Phi) is 7.80. The van der Waals surface area contributed by atoms with Crippen molar-refractivity contribution in [3.63, 3.8) is 0 Å². The summed E-state index contributed by atoms with van der Waals surface area (Å²) in [6.07, 6.45) is 6.63. The standard InChI is InChI=1S/C18H26N4O2.HI/c19-18(20-12-17(23)21-13-6-2-1-3-7-13)22-15-10-11-24-16-9-5-4-8-14(15)16;/h4-5,8-9,13,15H,1-3,6-7,10-12H2,(H,21,23)(H3,19,20,22);1H. The van der Waals surface area contributed by atoms with Crippen LogP contribution in [0.25, 0.3) is 0 Å². The summed E-state index contributed by atoms with van der Waals surface area (Å²) >= 11 is 0. The second-order valence-electron chi connectivity index (χ2n) is 6.48. The molecule has 0 spiro atoms. The normalized spacial score (nSPS) is 20.6. The maximum absolute atomic E-state index is 12.0. The van der Waals surface area contributed by atoms with Gasteiger partial charge in [-0.3, -0.25) is 4.79 Å². The molecule has 1 aromatic rings. The van der Waals surface area contributed by atoms with Gasteiger partial charge in [-0.1, -0.05) is 37.5 Å². The van der Waals surface area contributed by atoms with E-state index < -0.39 is 0 Å². The van der Waals surface area contributed by atoms with E-state index in [0.29, 0.717) is 18.6 Å². The maximum Gasteiger partial charge on any atom is 0.242 e. The quantitative estimate of drug-likeness (QED) is 0.368. The van der Waals surface area contributed by atoms with E-state index in [1.54, 1.807) is 0 Å². The highest BCUT2D eigenvalue weighted by Crippen LogP contribution is 2.31. The maximum atomic E-state index is 12.0. The topological polar surface area (TPSA) is 88.7 Å². The first-order valence-electron chi connectivity index (χ1n) is 8.80. The fraction of sp³-hybridized carbons (Fsp3) is 0.556. The predicted octanol–water partition coefficient (Wildman–Crippen LogP) is 2.48. The summed E-state index contributed by atoms with van der Waals surface area (Å²) < 4.78 is 5.63. The SMILES string of the molecule is I.NC(=NCC(=O)NC1CCCCC1)NC1CCOc2ccccc21. The third-order valence-electron chi connectivity index (χ3n) is 4.64. The molecule has 1 aliphatic heterocycles. The molecule has 1 unspecified atom stereocenters. The molecule has 1 amide bonds. The Balaban J connectivity index is 0.00000225. The van der Waals surface area contributed by atoms with Crippen molar-refractivity contribution in [3.8, 4) is 5.75 Å². The number of amides is 1. The van der Waals surface area contributed by atoms with Crippen LogP contribution in [-0.4, -0.2) is 31.1 Å². The lowest BCUT2D eigenvalue weighted by Gasteiger charge is -2.27. The molecule has 1 aromatic carbocycles. The van der Waals surface area contributed by atoms with Gasteiger partial charge in [-0.2, -0.15) is 0 Å². The number of hydrogen-bond acceptors (Lipinski definition) is 3. The Morgan fingerprint density at radius 1 is 1.16 bits per heavy atom. The molecule has 6 nitrogen and oxygen atoms in total. The molecule has 0 aromatic heterocycles. The lowest BCUT2D eigenvalue weighted by atomic mass is 9.95. The summed E-state index contributed by atoms with van der Waals surface area (Å²) in [5, 5.41) is 6.25. The van der Waals surface area contributed by atoms with Crippen LogP contribution >= 0.6 is 24.0 Å². The number of halogens is 1. The first-order valence-corrected chi connectivity index (χ1v) is 8.80. The number of rotatable bonds is 4. The third-order valence-corrected chi connectivity index (χ3v) is 4.64. The molecular formula is C18H27IN4O2. The van der Waals surface area contributed by atoms with E-state index in [2.05, 4.69) is 15.6 Å². The number of aliphatic imine (C=N–C) groups is 1. The number of nitrogens with two attached hydrogens (primary N) is 1. The number of hydrogen-bond donors (Lipinski definition) is 3. The number of carbonyl (C=O) groups is 1. The molecule has 0 bridgehead atoms. The summed E-state index contributed by atoms with van der Waals surface area (Å²) in [5.41, 5.74) is 7.04. The Bertz CT molecular complexity index is 602. The van der Waals surface area contributed by atoms with Crippen LogP contribution in [0.15, 0.2) is 29.3 Å². The monoisotopic (exact) mass is 458 g/mol. The summed E-state index contributed by atoms with van der Waals surface area (Å²) in [4.78, 5) is 16.2. The van der Waals surface area contributed by atoms with Crippen LogP contribution < -0.4 is 21.1 Å². The number of para-hydroxylation sites is 1. The van der Waals surface area contributed by atoms with E-state index in [1.165, 1.54) is 19.3 Å². The fourth-order valence-electron chi connectivity index (χ4n) is 3.39. The summed E-state index contributed by atoms with van der Waals surface area (Å²) in [6, 6.07) is 8.28. The summed E-state index contributed by atoms with van der Waals surface area (Å²) in [6.45, 7) is 0.713. The van der Waals surface area contributed by atoms with Gasteiger partial charge in [0.1, 0.15) is 12.3 Å². The smallest absolute Gasteiger partial charge is 0.242 e. The Morgan fingerprint density at radius 2 is 1.92 bits per heavy atom. The first-order chi connectivity index (χ1) is 11.7. The van der Waals surface area contributed by atoms with Crippen LogP contribution in [0, 0.1) is 0 Å². The molecule has 1 fully saturated rings. The number of carbonyl (C=O) groups excluding carboxylic acids is 1. The second-order valence-corrected chi connectivity index (χ2v) is 6.48. The van der Waals surface area contributed by atoms with Crippen molar-refractivity contribution in [3.05, 3.63) is 29.8 Å². The minimum atomic E-state index is -0.0565. The highest BCUT2D eigenvalue weighted by atomic mass is 127. The molecule has 1 heterocycles. The third kappa shape index (κ3) is 5.76. The van der Waals surface area contributed by atoms with Crippen molar-refractivity contribution in [1.82, 2.24) is 10.6 Å². The van der Waals surface area contributed by atoms with E-state index in [-0.39, 0.29) is 42.5 Å². The minimum Gasteiger partial charge on any atom is -0.493 e. The van der Waals surface area contributed by atoms with E-state index in [0.717, 1.165) is 30.6 Å². The molecule has 3 rings (SSSR count). The molecule has 1 aliphatic carbocycles. The lowest BCUT2D eigenvalue weighted by molar-refractivity contribution is -0.120. The van der Waals surface area contributed by atoms with Crippen molar-refractivity contribution >= 4 is 35.8 Å². The van der Waals surface area contributed by atoms with Gasteiger partial charge >= 0.3 is 0 Å². The number of benzene rings is 1. The molecule has 1 saturated carbocycles. The van der Waals surface area contributed by atoms with Gasteiger partial charge in [-0.25, -0.2) is 4.99 Å². The molecule has 1 atom stereocenters. The molecule has 0 saturated heterocycles. The van der Waals surface area contributed by atoms with E-state index in [4.69, 9.17) is 10.5 Å². The van der Waals surface area contributed by atoms with Crippen molar-refractivity contribution in [2.75, 3.05) is 13.2 Å². The van der Waals surface area contributed by atoms with E-state index in [9.17, 15) is 4.79 Å². The Hall–Kier alpha value is -1.51. The summed E-state index contributed by atoms with van der Waals surface area (Å²) in [7, 11) is 0. The van der Waals surface area contributed by atoms with Gasteiger partial charge in [0, 0.05) is 18.0 Å². The minimum absolute atomic E-state index is 0. The highest BCUT2D eigenvalue weighted by molar-refractivity contribution is 14.0. The largest absolute Gasteiger partial charge is 0.493 e. The lowest BCUT2D eigenvalue weighted by Crippen LogP contribution is -2.40. The van der Waals surface area contributed by atoms with Crippen molar-refractivity contribution < 1.29 is 9.53 Å². The van der Waals surface area contributed by atoms with Gasteiger partial charge < -0.3 is 21.1 Å². The van der Waals surface area contributed by atoms with Gasteiger partial charge in [0.15, 0.2) is 5.96 Å². The summed E-state index contributed by atoms with van der Waals surface area (Å²) in [5.74, 6) is 1.12. The zero-order valence-corrected chi connectivity index (χ0v) is 16.7. The number of fused-ring (bicyclic) bond motifs is 1. The van der Waals surface area contributed by atoms with E-state index in [1.807, 2.05) is 24.3 Å². The average molecular weight is 458 g/mol. The first kappa shape index (κ1) is 19.8. The number of nitrogens with zero attached hydrogens (tertiary/aromatic N) is 1. The van der Waals surface area contributed by atoms with Crippen molar-refractivity contribution in [2.45, 2.75) is 50.6 Å². The number of ether oxygens (including phenoxy) is 1. The molecule has 25 heavy (non-hydrogen) atoms. The zero-order valence-electron chi connectivity index (χ0n) is 14.4. The van der Waals surface area contributed by atoms with Crippen LogP contribution in [0.3, 0.4) is 0 Å². The van der Waals surface area contributed by atoms with Crippen LogP contribution in [0.2, 0.25) is 0 Å². The van der Waals surface area contributed by atoms with Gasteiger partial charge in [0.25, 0.3) is 0 Å². The second kappa shape index (κ2) is 9.84. The molecule has 138 valence electrons. The molecule has 0 radical (unpaired) electrons. The molecular weight excluding hydrogens is 431 g/mol. The average Bonchev–Trinajstić information content (AvgIpc) is 2.61. The number of nitrogens with one attached hydrogen (secondary N) is 2. The zero-order chi connectivity index (χ0) is 16.8. The number of guanidine groups is 1. The van der Waals surface area contributed by atoms with Crippen LogP contribution in [0.1, 0.15) is 50.1 Å². The van der Waals surface area contributed by atoms with Crippen LogP contribution in [0.5, 0.6) is 5.75 Å². The van der Waals surface area contributed by atoms with Gasteiger partial charge in [0.2, 0.25) is 5.91 Å².